The molecule has 0 saturated carbocycles. The molecule has 1 aliphatic carbocycles. The quantitative estimate of drug-likeness (QED) is 0.342. The van der Waals surface area contributed by atoms with Crippen molar-refractivity contribution in [3.05, 3.63) is 95.6 Å². The summed E-state index contributed by atoms with van der Waals surface area (Å²) < 4.78 is 5.49. The Labute approximate surface area is 196 Å². The smallest absolute Gasteiger partial charge is 0.119 e. The normalized spacial score (nSPS) is 16.9. The molecule has 0 fully saturated rings. The second-order valence-corrected chi connectivity index (χ2v) is 9.67. The third-order valence-corrected chi connectivity index (χ3v) is 7.39. The van der Waals surface area contributed by atoms with E-state index in [-0.39, 0.29) is 6.10 Å². The summed E-state index contributed by atoms with van der Waals surface area (Å²) in [7, 11) is 1.73. The van der Waals surface area contributed by atoms with E-state index >= 15 is 0 Å². The van der Waals surface area contributed by atoms with Gasteiger partial charge >= 0.3 is 0 Å². The maximum atomic E-state index is 11.0. The molecule has 0 amide bonds. The molecular formula is C28H33NO2S. The van der Waals surface area contributed by atoms with Crippen molar-refractivity contribution in [3.63, 3.8) is 0 Å². The van der Waals surface area contributed by atoms with Gasteiger partial charge in [-0.3, -0.25) is 4.90 Å². The van der Waals surface area contributed by atoms with E-state index < -0.39 is 0 Å². The first-order valence-corrected chi connectivity index (χ1v) is 12.5. The largest absolute Gasteiger partial charge is 0.497 e. The highest BCUT2D eigenvalue weighted by atomic mass is 32.2. The molecule has 32 heavy (non-hydrogen) atoms. The third kappa shape index (κ3) is 6.38. The van der Waals surface area contributed by atoms with Gasteiger partial charge in [-0.2, -0.15) is 0 Å². The lowest BCUT2D eigenvalue weighted by atomic mass is 10.00. The lowest BCUT2D eigenvalue weighted by Gasteiger charge is -2.33. The zero-order valence-electron chi connectivity index (χ0n) is 18.8. The minimum absolute atomic E-state index is 0.378. The predicted molar refractivity (Wildman–Crippen MR) is 133 cm³/mol. The van der Waals surface area contributed by atoms with Crippen molar-refractivity contribution >= 4 is 11.8 Å². The molecule has 0 bridgehead atoms. The van der Waals surface area contributed by atoms with Crippen LogP contribution in [0.4, 0.5) is 0 Å². The standard InChI is InChI=1S/C28H33NO2S/c1-31-27-16-15-23-11-8-12-25(17-24(23)18-27)29(19-22-9-4-2-5-10-22)20-26(30)21-32-28-13-6-3-7-14-28/h2-7,9-10,13-16,18,25-26,30H,8,11-12,17,19-21H2,1H3/t25?,26-/m0/s1. The molecule has 1 N–H and O–H groups in total. The number of benzene rings is 3. The minimum atomic E-state index is -0.378. The van der Waals surface area contributed by atoms with Crippen LogP contribution in [0.25, 0.3) is 0 Å². The highest BCUT2D eigenvalue weighted by Gasteiger charge is 2.25. The Kier molecular flexibility index (Phi) is 8.27. The van der Waals surface area contributed by atoms with Crippen LogP contribution in [0.1, 0.15) is 29.5 Å². The Morgan fingerprint density at radius 1 is 1.00 bits per heavy atom. The molecule has 0 aliphatic heterocycles. The first-order chi connectivity index (χ1) is 15.7. The molecule has 0 saturated heterocycles. The highest BCUT2D eigenvalue weighted by Crippen LogP contribution is 2.28. The number of aryl methyl sites for hydroxylation is 1. The van der Waals surface area contributed by atoms with Gasteiger partial charge in [-0.1, -0.05) is 54.6 Å². The zero-order chi connectivity index (χ0) is 22.2. The van der Waals surface area contributed by atoms with Crippen LogP contribution in [0.3, 0.4) is 0 Å². The van der Waals surface area contributed by atoms with Gasteiger partial charge in [0.05, 0.1) is 13.2 Å². The van der Waals surface area contributed by atoms with Gasteiger partial charge in [0.15, 0.2) is 0 Å². The summed E-state index contributed by atoms with van der Waals surface area (Å²) in [6.45, 7) is 1.54. The monoisotopic (exact) mass is 447 g/mol. The van der Waals surface area contributed by atoms with Crippen LogP contribution in [0.15, 0.2) is 83.8 Å². The Bertz CT molecular complexity index is 964. The Morgan fingerprint density at radius 3 is 2.50 bits per heavy atom. The van der Waals surface area contributed by atoms with Crippen molar-refractivity contribution in [2.24, 2.45) is 0 Å². The van der Waals surface area contributed by atoms with Crippen LogP contribution in [-0.4, -0.2) is 41.6 Å². The molecule has 0 aromatic heterocycles. The summed E-state index contributed by atoms with van der Waals surface area (Å²) in [5, 5.41) is 11.0. The number of aliphatic hydroxyl groups excluding tert-OH is 1. The highest BCUT2D eigenvalue weighted by molar-refractivity contribution is 7.99. The molecule has 0 radical (unpaired) electrons. The average Bonchev–Trinajstić information content (AvgIpc) is 3.05. The molecule has 1 unspecified atom stereocenters. The molecule has 0 heterocycles. The van der Waals surface area contributed by atoms with Crippen LogP contribution < -0.4 is 4.74 Å². The second-order valence-electron chi connectivity index (χ2n) is 8.58. The van der Waals surface area contributed by atoms with Crippen LogP contribution in [0, 0.1) is 0 Å². The number of hydrogen-bond acceptors (Lipinski definition) is 4. The number of nitrogens with zero attached hydrogens (tertiary/aromatic N) is 1. The summed E-state index contributed by atoms with van der Waals surface area (Å²) in [5.74, 6) is 1.63. The Balaban J connectivity index is 1.49. The van der Waals surface area contributed by atoms with E-state index in [2.05, 4.69) is 65.6 Å². The van der Waals surface area contributed by atoms with Gasteiger partial charge in [-0.15, -0.1) is 11.8 Å². The van der Waals surface area contributed by atoms with Crippen molar-refractivity contribution in [1.29, 1.82) is 0 Å². The third-order valence-electron chi connectivity index (χ3n) is 6.23. The van der Waals surface area contributed by atoms with Crippen molar-refractivity contribution < 1.29 is 9.84 Å². The number of ether oxygens (including phenoxy) is 1. The van der Waals surface area contributed by atoms with Crippen molar-refractivity contribution in [1.82, 2.24) is 4.90 Å². The molecule has 3 nitrogen and oxygen atoms in total. The van der Waals surface area contributed by atoms with Crippen LogP contribution in [0.5, 0.6) is 5.75 Å². The first-order valence-electron chi connectivity index (χ1n) is 11.5. The fourth-order valence-electron chi connectivity index (χ4n) is 4.55. The summed E-state index contributed by atoms with van der Waals surface area (Å²) in [5.41, 5.74) is 4.12. The number of methoxy groups -OCH3 is 1. The number of hydrogen-bond donors (Lipinski definition) is 1. The van der Waals surface area contributed by atoms with Gasteiger partial charge in [0, 0.05) is 29.8 Å². The SMILES string of the molecule is COc1ccc2c(c1)CC(N(Cc1ccccc1)C[C@H](O)CSc1ccccc1)CCC2. The van der Waals surface area contributed by atoms with Crippen molar-refractivity contribution in [2.45, 2.75) is 49.3 Å². The Hall–Kier alpha value is -2.27. The van der Waals surface area contributed by atoms with E-state index in [0.29, 0.717) is 18.3 Å². The van der Waals surface area contributed by atoms with Crippen LogP contribution >= 0.6 is 11.8 Å². The van der Waals surface area contributed by atoms with Gasteiger partial charge in [-0.05, 0) is 66.6 Å². The number of rotatable bonds is 9. The summed E-state index contributed by atoms with van der Waals surface area (Å²) in [6.07, 6.45) is 4.04. The van der Waals surface area contributed by atoms with E-state index in [1.165, 1.54) is 28.0 Å². The fourth-order valence-corrected chi connectivity index (χ4v) is 5.39. The van der Waals surface area contributed by atoms with E-state index in [4.69, 9.17) is 4.74 Å². The van der Waals surface area contributed by atoms with Gasteiger partial charge in [0.25, 0.3) is 0 Å². The Morgan fingerprint density at radius 2 is 1.75 bits per heavy atom. The van der Waals surface area contributed by atoms with E-state index in [9.17, 15) is 5.11 Å². The lowest BCUT2D eigenvalue weighted by Crippen LogP contribution is -2.41. The van der Waals surface area contributed by atoms with Crippen molar-refractivity contribution in [2.75, 3.05) is 19.4 Å². The first kappa shape index (κ1) is 22.9. The van der Waals surface area contributed by atoms with E-state index in [1.54, 1.807) is 18.9 Å². The summed E-state index contributed by atoms with van der Waals surface area (Å²) in [4.78, 5) is 3.71. The molecule has 1 aliphatic rings. The number of aliphatic hydroxyl groups is 1. The minimum Gasteiger partial charge on any atom is -0.497 e. The summed E-state index contributed by atoms with van der Waals surface area (Å²) in [6, 6.07) is 27.9. The van der Waals surface area contributed by atoms with Gasteiger partial charge in [0.1, 0.15) is 5.75 Å². The molecule has 3 aromatic rings. The van der Waals surface area contributed by atoms with Crippen LogP contribution in [-0.2, 0) is 19.4 Å². The van der Waals surface area contributed by atoms with Crippen LogP contribution in [0.2, 0.25) is 0 Å². The maximum absolute atomic E-state index is 11.0. The van der Waals surface area contributed by atoms with Crippen molar-refractivity contribution in [3.8, 4) is 5.75 Å². The van der Waals surface area contributed by atoms with Gasteiger partial charge in [-0.25, -0.2) is 0 Å². The second kappa shape index (κ2) is 11.6. The zero-order valence-corrected chi connectivity index (χ0v) is 19.6. The topological polar surface area (TPSA) is 32.7 Å². The molecule has 168 valence electrons. The lowest BCUT2D eigenvalue weighted by molar-refractivity contribution is 0.0909. The maximum Gasteiger partial charge on any atom is 0.119 e. The average molecular weight is 448 g/mol. The predicted octanol–water partition coefficient (Wildman–Crippen LogP) is 5.60. The molecular weight excluding hydrogens is 414 g/mol. The molecule has 4 rings (SSSR count). The number of thioether (sulfide) groups is 1. The molecule has 0 spiro atoms. The fraction of sp³-hybridized carbons (Fsp3) is 0.357. The van der Waals surface area contributed by atoms with Gasteiger partial charge < -0.3 is 9.84 Å². The van der Waals surface area contributed by atoms with E-state index in [1.807, 2.05) is 18.2 Å². The molecule has 3 aromatic carbocycles. The summed E-state index contributed by atoms with van der Waals surface area (Å²) >= 11 is 1.73. The van der Waals surface area contributed by atoms with E-state index in [0.717, 1.165) is 31.6 Å². The molecule has 4 heteroatoms. The number of fused-ring (bicyclic) bond motifs is 1. The molecule has 2 atom stereocenters. The van der Waals surface area contributed by atoms with Gasteiger partial charge in [0.2, 0.25) is 0 Å².